The summed E-state index contributed by atoms with van der Waals surface area (Å²) in [7, 11) is 0. The molecule has 0 N–H and O–H groups in total. The van der Waals surface area contributed by atoms with Gasteiger partial charge in [0.05, 0.1) is 0 Å². The van der Waals surface area contributed by atoms with Crippen LogP contribution in [0.4, 0.5) is 11.4 Å². The maximum atomic E-state index is 8.59. The van der Waals surface area contributed by atoms with Crippen molar-refractivity contribution >= 4 is 35.4 Å². The van der Waals surface area contributed by atoms with E-state index in [2.05, 4.69) is 23.7 Å². The molecule has 0 saturated heterocycles. The summed E-state index contributed by atoms with van der Waals surface area (Å²) in [6.07, 6.45) is 0. The Morgan fingerprint density at radius 1 is 1.29 bits per heavy atom. The Bertz CT molecular complexity index is 364. The van der Waals surface area contributed by atoms with Crippen LogP contribution < -0.4 is 17.3 Å². The summed E-state index contributed by atoms with van der Waals surface area (Å²) in [6, 6.07) is 5.41. The summed E-state index contributed by atoms with van der Waals surface area (Å²) in [6.45, 7) is 6.04. The minimum absolute atomic E-state index is 0. The van der Waals surface area contributed by atoms with Crippen molar-refractivity contribution in [2.75, 3.05) is 18.0 Å². The third-order valence-corrected chi connectivity index (χ3v) is 2.47. The second-order valence-corrected chi connectivity index (χ2v) is 3.32. The van der Waals surface area contributed by atoms with Crippen LogP contribution in [0.15, 0.2) is 18.2 Å². The van der Waals surface area contributed by atoms with Crippen LogP contribution in [0.1, 0.15) is 13.8 Å². The fourth-order valence-electron chi connectivity index (χ4n) is 1.36. The van der Waals surface area contributed by atoms with Gasteiger partial charge in [-0.15, -0.1) is 12.4 Å². The molecule has 0 aliphatic carbocycles. The molecule has 0 bridgehead atoms. The monoisotopic (exact) mass is 345 g/mol. The summed E-state index contributed by atoms with van der Waals surface area (Å²) in [5.41, 5.74) is 1.45. The van der Waals surface area contributed by atoms with Crippen LogP contribution in [0.2, 0.25) is 5.02 Å². The first-order valence-corrected chi connectivity index (χ1v) is 5.00. The second kappa shape index (κ2) is 11.0. The molecule has 0 fully saturated rings. The number of nitrogens with zero attached hydrogens (tertiary/aromatic N) is 3. The molecule has 0 amide bonds. The molecule has 17 heavy (non-hydrogen) atoms. The minimum Gasteiger partial charge on any atom is -1.00 e. The molecule has 7 heteroatoms. The largest absolute Gasteiger partial charge is 2.00 e. The van der Waals surface area contributed by atoms with E-state index in [9.17, 15) is 0 Å². The minimum atomic E-state index is 0. The molecule has 0 aliphatic rings. The number of anilines is 1. The Labute approximate surface area is 132 Å². The van der Waals surface area contributed by atoms with E-state index < -0.39 is 0 Å². The number of halogens is 3. The Morgan fingerprint density at radius 2 is 1.82 bits per heavy atom. The molecule has 0 spiro atoms. The van der Waals surface area contributed by atoms with Gasteiger partial charge >= 0.3 is 25.2 Å². The van der Waals surface area contributed by atoms with Gasteiger partial charge in [-0.3, -0.25) is 0 Å². The summed E-state index contributed by atoms with van der Waals surface area (Å²) in [5.74, 6) is 0. The van der Waals surface area contributed by atoms with E-state index in [1.165, 1.54) is 0 Å². The van der Waals surface area contributed by atoms with Crippen molar-refractivity contribution < 1.29 is 31.9 Å². The van der Waals surface area contributed by atoms with E-state index in [4.69, 9.17) is 17.0 Å². The van der Waals surface area contributed by atoms with Gasteiger partial charge in [-0.25, -0.2) is 0 Å². The number of rotatable bonds is 3. The number of diazo groups is 1. The van der Waals surface area contributed by atoms with Crippen LogP contribution in [-0.4, -0.2) is 13.1 Å². The van der Waals surface area contributed by atoms with Crippen molar-refractivity contribution in [2.24, 2.45) is 0 Å². The molecular formula is C10H14Cl3N3Zn+2. The van der Waals surface area contributed by atoms with E-state index in [0.29, 0.717) is 10.7 Å². The van der Waals surface area contributed by atoms with Gasteiger partial charge in [0, 0.05) is 24.8 Å². The van der Waals surface area contributed by atoms with Crippen molar-refractivity contribution in [3.05, 3.63) is 28.2 Å². The molecular weight excluding hydrogens is 334 g/mol. The molecule has 1 aromatic carbocycles. The van der Waals surface area contributed by atoms with Gasteiger partial charge in [0.25, 0.3) is 0 Å². The third kappa shape index (κ3) is 5.88. The predicted molar refractivity (Wildman–Crippen MR) is 67.0 cm³/mol. The molecule has 1 rings (SSSR count). The van der Waals surface area contributed by atoms with Crippen LogP contribution in [-0.2, 0) is 19.5 Å². The summed E-state index contributed by atoms with van der Waals surface area (Å²) >= 11 is 5.91. The van der Waals surface area contributed by atoms with Crippen LogP contribution in [0.25, 0.3) is 4.98 Å². The van der Waals surface area contributed by atoms with Gasteiger partial charge in [0.2, 0.25) is 5.39 Å². The fourth-order valence-corrected chi connectivity index (χ4v) is 1.57. The van der Waals surface area contributed by atoms with Gasteiger partial charge in [-0.05, 0) is 26.0 Å². The quantitative estimate of drug-likeness (QED) is 0.605. The molecule has 0 atom stereocenters. The maximum absolute atomic E-state index is 8.59. The summed E-state index contributed by atoms with van der Waals surface area (Å²) in [4.78, 5) is 5.25. The van der Waals surface area contributed by atoms with Crippen molar-refractivity contribution in [2.45, 2.75) is 13.8 Å². The van der Waals surface area contributed by atoms with E-state index in [-0.39, 0.29) is 44.3 Å². The first-order chi connectivity index (χ1) is 6.72. The van der Waals surface area contributed by atoms with Crippen LogP contribution in [0.5, 0.6) is 0 Å². The van der Waals surface area contributed by atoms with Gasteiger partial charge in [0.15, 0.2) is 4.98 Å². The Balaban J connectivity index is -0.000000653. The average Bonchev–Trinajstić information content (AvgIpc) is 2.20. The molecule has 0 aliphatic heterocycles. The van der Waals surface area contributed by atoms with E-state index in [0.717, 1.165) is 18.8 Å². The van der Waals surface area contributed by atoms with E-state index in [1.807, 2.05) is 12.1 Å². The van der Waals surface area contributed by atoms with Gasteiger partial charge in [-0.2, -0.15) is 0 Å². The summed E-state index contributed by atoms with van der Waals surface area (Å²) in [5, 5.41) is 9.06. The molecule has 1 aromatic rings. The molecule has 90 valence electrons. The van der Waals surface area contributed by atoms with E-state index in [1.54, 1.807) is 6.07 Å². The van der Waals surface area contributed by atoms with Crippen LogP contribution >= 0.6 is 24.0 Å². The standard InChI is InChI=1S/C10H13ClN3.2ClH.Zn/c1-3-14(4-2)8-5-6-10(13-12)9(11)7-8;;;/h5-7H,3-4H2,1-2H3;2*1H;/q+1;;;+2/p-1. The zero-order valence-electron chi connectivity index (χ0n) is 9.86. The molecule has 0 saturated carbocycles. The van der Waals surface area contributed by atoms with Gasteiger partial charge < -0.3 is 17.3 Å². The number of benzene rings is 1. The SMILES string of the molecule is CCN(CC)c1ccc([N+]#N)c(Cl)c1.Cl.[Cl-].[Zn+2]. The number of hydrogen-bond donors (Lipinski definition) is 0. The first-order valence-electron chi connectivity index (χ1n) is 4.62. The second-order valence-electron chi connectivity index (χ2n) is 2.91. The Morgan fingerprint density at radius 3 is 2.18 bits per heavy atom. The Kier molecular flexibility index (Phi) is 14.4. The molecule has 0 aromatic heterocycles. The van der Waals surface area contributed by atoms with Crippen molar-refractivity contribution in [3.8, 4) is 0 Å². The van der Waals surface area contributed by atoms with Gasteiger partial charge in [0.1, 0.15) is 5.02 Å². The molecule has 0 radical (unpaired) electrons. The predicted octanol–water partition coefficient (Wildman–Crippen LogP) is 1.09. The molecule has 0 heterocycles. The smallest absolute Gasteiger partial charge is 1.00 e. The van der Waals surface area contributed by atoms with Crippen LogP contribution in [0, 0.1) is 5.39 Å². The normalized spacial score (nSPS) is 7.88. The number of hydrogen-bond acceptors (Lipinski definition) is 2. The third-order valence-electron chi connectivity index (χ3n) is 2.17. The average molecular weight is 348 g/mol. The zero-order chi connectivity index (χ0) is 10.6. The molecule has 3 nitrogen and oxygen atoms in total. The van der Waals surface area contributed by atoms with E-state index >= 15 is 0 Å². The summed E-state index contributed by atoms with van der Waals surface area (Å²) < 4.78 is 0. The van der Waals surface area contributed by atoms with Crippen LogP contribution in [0.3, 0.4) is 0 Å². The van der Waals surface area contributed by atoms with Crippen molar-refractivity contribution in [1.29, 1.82) is 5.39 Å². The van der Waals surface area contributed by atoms with Crippen molar-refractivity contribution in [1.82, 2.24) is 0 Å². The maximum Gasteiger partial charge on any atom is 2.00 e. The Hall–Kier alpha value is -0.0666. The fraction of sp³-hybridized carbons (Fsp3) is 0.400. The zero-order valence-corrected chi connectivity index (χ0v) is 15.2. The topological polar surface area (TPSA) is 31.4 Å². The molecule has 0 unspecified atom stereocenters. The van der Waals surface area contributed by atoms with Crippen molar-refractivity contribution in [3.63, 3.8) is 0 Å². The first kappa shape index (κ1) is 22.1. The van der Waals surface area contributed by atoms with Gasteiger partial charge in [-0.1, -0.05) is 11.6 Å².